The van der Waals surface area contributed by atoms with Crippen molar-refractivity contribution in [2.45, 2.75) is 45.3 Å². The lowest BCUT2D eigenvalue weighted by molar-refractivity contribution is -0.134. The number of piperidine rings is 1. The summed E-state index contributed by atoms with van der Waals surface area (Å²) < 4.78 is 11.2. The highest BCUT2D eigenvalue weighted by Gasteiger charge is 2.36. The van der Waals surface area contributed by atoms with Gasteiger partial charge in [0.1, 0.15) is 24.2 Å². The molecule has 2 aliphatic heterocycles. The van der Waals surface area contributed by atoms with Gasteiger partial charge in [-0.2, -0.15) is 0 Å². The second-order valence-electron chi connectivity index (χ2n) is 8.15. The number of likely N-dealkylation sites (tertiary alicyclic amines) is 1. The highest BCUT2D eigenvalue weighted by molar-refractivity contribution is 6.04. The number of nitrogens with zero attached hydrogens (tertiary/aromatic N) is 2. The number of carbonyl (C=O) groups excluding carboxylic acids is 2. The predicted molar refractivity (Wildman–Crippen MR) is 111 cm³/mol. The molecule has 160 valence electrons. The van der Waals surface area contributed by atoms with Gasteiger partial charge in [0.05, 0.1) is 12.0 Å². The SMILES string of the molecule is CCC1Oc2ccc(C(O)c3ccco3)cc2N(CC(=O)N2CCC(C)CC2)C1=O. The maximum atomic E-state index is 13.0. The van der Waals surface area contributed by atoms with Crippen LogP contribution >= 0.6 is 0 Å². The van der Waals surface area contributed by atoms with Crippen molar-refractivity contribution in [3.63, 3.8) is 0 Å². The van der Waals surface area contributed by atoms with E-state index in [2.05, 4.69) is 6.92 Å². The third-order valence-corrected chi connectivity index (χ3v) is 6.01. The molecule has 1 aromatic heterocycles. The van der Waals surface area contributed by atoms with Crippen LogP contribution in [0.15, 0.2) is 41.0 Å². The van der Waals surface area contributed by atoms with E-state index in [1.54, 1.807) is 30.3 Å². The van der Waals surface area contributed by atoms with Crippen LogP contribution in [0, 0.1) is 5.92 Å². The molecule has 2 aliphatic rings. The molecule has 0 aliphatic carbocycles. The minimum Gasteiger partial charge on any atom is -0.478 e. The number of aliphatic hydroxyl groups excluding tert-OH is 1. The topological polar surface area (TPSA) is 83.2 Å². The summed E-state index contributed by atoms with van der Waals surface area (Å²) in [6.07, 6.45) is 2.39. The number of aliphatic hydroxyl groups is 1. The molecular formula is C23H28N2O5. The van der Waals surface area contributed by atoms with Crippen LogP contribution in [0.4, 0.5) is 5.69 Å². The zero-order chi connectivity index (χ0) is 21.3. The number of hydrogen-bond donors (Lipinski definition) is 1. The van der Waals surface area contributed by atoms with E-state index in [1.165, 1.54) is 11.2 Å². The first kappa shape index (κ1) is 20.5. The minimum absolute atomic E-state index is 0.0274. The Bertz CT molecular complexity index is 902. The Kier molecular flexibility index (Phi) is 5.81. The van der Waals surface area contributed by atoms with Crippen LogP contribution < -0.4 is 9.64 Å². The molecule has 0 saturated carbocycles. The maximum Gasteiger partial charge on any atom is 0.268 e. The molecule has 1 aromatic carbocycles. The van der Waals surface area contributed by atoms with Gasteiger partial charge in [0, 0.05) is 13.1 Å². The van der Waals surface area contributed by atoms with E-state index in [4.69, 9.17) is 9.15 Å². The summed E-state index contributed by atoms with van der Waals surface area (Å²) in [5.41, 5.74) is 1.07. The molecule has 30 heavy (non-hydrogen) atoms. The Morgan fingerprint density at radius 1 is 1.27 bits per heavy atom. The largest absolute Gasteiger partial charge is 0.478 e. The van der Waals surface area contributed by atoms with Gasteiger partial charge >= 0.3 is 0 Å². The van der Waals surface area contributed by atoms with E-state index < -0.39 is 12.2 Å². The summed E-state index contributed by atoms with van der Waals surface area (Å²) in [7, 11) is 0. The first-order valence-corrected chi connectivity index (χ1v) is 10.6. The van der Waals surface area contributed by atoms with Gasteiger partial charge in [-0.05, 0) is 55.0 Å². The first-order chi connectivity index (χ1) is 14.5. The number of amides is 2. The van der Waals surface area contributed by atoms with Crippen LogP contribution in [0.2, 0.25) is 0 Å². The van der Waals surface area contributed by atoms with Crippen LogP contribution in [-0.2, 0) is 9.59 Å². The van der Waals surface area contributed by atoms with E-state index in [-0.39, 0.29) is 18.4 Å². The number of carbonyl (C=O) groups is 2. The maximum absolute atomic E-state index is 13.0. The second kappa shape index (κ2) is 8.52. The average molecular weight is 412 g/mol. The zero-order valence-corrected chi connectivity index (χ0v) is 17.4. The average Bonchev–Trinajstić information content (AvgIpc) is 3.30. The van der Waals surface area contributed by atoms with E-state index in [0.29, 0.717) is 35.1 Å². The number of anilines is 1. The van der Waals surface area contributed by atoms with Crippen LogP contribution in [-0.4, -0.2) is 47.6 Å². The monoisotopic (exact) mass is 412 g/mol. The predicted octanol–water partition coefficient (Wildman–Crippen LogP) is 3.12. The summed E-state index contributed by atoms with van der Waals surface area (Å²) in [5, 5.41) is 10.6. The van der Waals surface area contributed by atoms with Crippen LogP contribution in [0.5, 0.6) is 5.75 Å². The van der Waals surface area contributed by atoms with Crippen molar-refractivity contribution < 1.29 is 23.8 Å². The first-order valence-electron chi connectivity index (χ1n) is 10.6. The van der Waals surface area contributed by atoms with Crippen LogP contribution in [0.3, 0.4) is 0 Å². The van der Waals surface area contributed by atoms with Gasteiger partial charge in [-0.3, -0.25) is 14.5 Å². The van der Waals surface area contributed by atoms with E-state index in [9.17, 15) is 14.7 Å². The summed E-state index contributed by atoms with van der Waals surface area (Å²) >= 11 is 0. The Hall–Kier alpha value is -2.80. The molecule has 7 heteroatoms. The number of ether oxygens (including phenoxy) is 1. The number of hydrogen-bond acceptors (Lipinski definition) is 5. The van der Waals surface area contributed by atoms with Gasteiger partial charge in [0.25, 0.3) is 5.91 Å². The number of furan rings is 1. The van der Waals surface area contributed by atoms with Gasteiger partial charge in [-0.25, -0.2) is 0 Å². The molecule has 2 unspecified atom stereocenters. The van der Waals surface area contributed by atoms with Gasteiger partial charge in [0.2, 0.25) is 5.91 Å². The Balaban J connectivity index is 1.61. The fourth-order valence-corrected chi connectivity index (χ4v) is 4.04. The van der Waals surface area contributed by atoms with E-state index in [1.807, 2.05) is 11.8 Å². The van der Waals surface area contributed by atoms with E-state index in [0.717, 1.165) is 25.9 Å². The van der Waals surface area contributed by atoms with Crippen LogP contribution in [0.1, 0.15) is 50.5 Å². The van der Waals surface area contributed by atoms with Crippen molar-refractivity contribution in [1.29, 1.82) is 0 Å². The second-order valence-corrected chi connectivity index (χ2v) is 8.15. The Morgan fingerprint density at radius 3 is 2.70 bits per heavy atom. The molecular weight excluding hydrogens is 384 g/mol. The molecule has 1 saturated heterocycles. The van der Waals surface area contributed by atoms with Crippen molar-refractivity contribution in [2.24, 2.45) is 5.92 Å². The molecule has 0 bridgehead atoms. The summed E-state index contributed by atoms with van der Waals surface area (Å²) in [4.78, 5) is 29.3. The molecule has 2 atom stereocenters. The van der Waals surface area contributed by atoms with Gasteiger partial charge in [-0.15, -0.1) is 0 Å². The number of benzene rings is 1. The molecule has 0 radical (unpaired) electrons. The minimum atomic E-state index is -0.967. The Morgan fingerprint density at radius 2 is 2.03 bits per heavy atom. The number of fused-ring (bicyclic) bond motifs is 1. The molecule has 4 rings (SSSR count). The molecule has 2 amide bonds. The molecule has 2 aromatic rings. The quantitative estimate of drug-likeness (QED) is 0.816. The molecule has 1 fully saturated rings. The third-order valence-electron chi connectivity index (χ3n) is 6.01. The summed E-state index contributed by atoms with van der Waals surface area (Å²) in [5.74, 6) is 1.28. The van der Waals surface area contributed by atoms with Crippen LogP contribution in [0.25, 0.3) is 0 Å². The van der Waals surface area contributed by atoms with Crippen molar-refractivity contribution in [3.05, 3.63) is 47.9 Å². The third kappa shape index (κ3) is 3.94. The van der Waals surface area contributed by atoms with Crippen molar-refractivity contribution in [1.82, 2.24) is 4.90 Å². The smallest absolute Gasteiger partial charge is 0.268 e. The normalized spacial score (nSPS) is 20.6. The van der Waals surface area contributed by atoms with Crippen molar-refractivity contribution in [3.8, 4) is 5.75 Å². The fraction of sp³-hybridized carbons (Fsp3) is 0.478. The lowest BCUT2D eigenvalue weighted by Gasteiger charge is -2.36. The summed E-state index contributed by atoms with van der Waals surface area (Å²) in [6, 6.07) is 8.60. The lowest BCUT2D eigenvalue weighted by Crippen LogP contribution is -2.51. The lowest BCUT2D eigenvalue weighted by atomic mass is 9.99. The highest BCUT2D eigenvalue weighted by Crippen LogP contribution is 2.38. The Labute approximate surface area is 176 Å². The standard InChI is InChI=1S/C23H28N2O5/c1-3-18-23(28)25(14-21(26)24-10-8-15(2)9-11-24)17-13-16(6-7-19(17)30-18)22(27)20-5-4-12-29-20/h4-7,12-13,15,18,22,27H,3,8-11,14H2,1-2H3. The molecule has 0 spiro atoms. The van der Waals surface area contributed by atoms with Crippen molar-refractivity contribution in [2.75, 3.05) is 24.5 Å². The molecule has 1 N–H and O–H groups in total. The summed E-state index contributed by atoms with van der Waals surface area (Å²) in [6.45, 7) is 5.50. The number of rotatable bonds is 5. The van der Waals surface area contributed by atoms with Gasteiger partial charge < -0.3 is 19.2 Å². The molecule has 3 heterocycles. The fourth-order valence-electron chi connectivity index (χ4n) is 4.04. The van der Waals surface area contributed by atoms with Gasteiger partial charge in [-0.1, -0.05) is 19.9 Å². The van der Waals surface area contributed by atoms with Gasteiger partial charge in [0.15, 0.2) is 6.10 Å². The molecule has 7 nitrogen and oxygen atoms in total. The highest BCUT2D eigenvalue weighted by atomic mass is 16.5. The zero-order valence-electron chi connectivity index (χ0n) is 17.4. The van der Waals surface area contributed by atoms with E-state index >= 15 is 0 Å². The van der Waals surface area contributed by atoms with Crippen molar-refractivity contribution >= 4 is 17.5 Å².